The van der Waals surface area contributed by atoms with E-state index in [1.165, 1.54) is 11.8 Å². The molecule has 0 N–H and O–H groups in total. The third-order valence-corrected chi connectivity index (χ3v) is 6.18. The van der Waals surface area contributed by atoms with E-state index in [1.807, 2.05) is 74.7 Å². The number of rotatable bonds is 7. The molecule has 0 aliphatic carbocycles. The quantitative estimate of drug-likeness (QED) is 0.302. The zero-order valence-electron chi connectivity index (χ0n) is 17.5. The molecule has 0 saturated heterocycles. The molecule has 4 aromatic rings. The highest BCUT2D eigenvalue weighted by Gasteiger charge is 2.20. The first-order chi connectivity index (χ1) is 14.5. The SMILES string of the molecule is CCn1c(SCC(=O)c2cc(C)n(-c3ccccc3)c2C)nnc1-c1ccoc1C. The van der Waals surface area contributed by atoms with E-state index in [0.717, 1.165) is 44.9 Å². The van der Waals surface area contributed by atoms with Gasteiger partial charge in [-0.1, -0.05) is 30.0 Å². The zero-order chi connectivity index (χ0) is 21.3. The molecule has 0 radical (unpaired) electrons. The molecule has 0 spiro atoms. The summed E-state index contributed by atoms with van der Waals surface area (Å²) in [5.41, 5.74) is 4.73. The zero-order valence-corrected chi connectivity index (χ0v) is 18.4. The van der Waals surface area contributed by atoms with Crippen molar-refractivity contribution in [1.29, 1.82) is 0 Å². The van der Waals surface area contributed by atoms with E-state index in [9.17, 15) is 4.79 Å². The van der Waals surface area contributed by atoms with Gasteiger partial charge in [0, 0.05) is 29.2 Å². The minimum atomic E-state index is 0.0852. The summed E-state index contributed by atoms with van der Waals surface area (Å²) in [6, 6.07) is 14.0. The molecule has 3 heterocycles. The van der Waals surface area contributed by atoms with Crippen LogP contribution in [0, 0.1) is 20.8 Å². The number of aromatic nitrogens is 4. The van der Waals surface area contributed by atoms with Crippen LogP contribution >= 0.6 is 11.8 Å². The Morgan fingerprint density at radius 3 is 2.53 bits per heavy atom. The average Bonchev–Trinajstić information content (AvgIpc) is 3.43. The maximum absolute atomic E-state index is 13.0. The van der Waals surface area contributed by atoms with Crippen LogP contribution in [0.2, 0.25) is 0 Å². The summed E-state index contributed by atoms with van der Waals surface area (Å²) in [4.78, 5) is 13.0. The van der Waals surface area contributed by atoms with Gasteiger partial charge in [0.1, 0.15) is 5.76 Å². The Kier molecular flexibility index (Phi) is 5.63. The number of nitrogens with zero attached hydrogens (tertiary/aromatic N) is 4. The van der Waals surface area contributed by atoms with Gasteiger partial charge >= 0.3 is 0 Å². The largest absolute Gasteiger partial charge is 0.469 e. The molecule has 0 amide bonds. The molecule has 0 aliphatic rings. The van der Waals surface area contributed by atoms with Gasteiger partial charge in [0.15, 0.2) is 16.8 Å². The molecule has 0 atom stereocenters. The molecule has 0 fully saturated rings. The van der Waals surface area contributed by atoms with Gasteiger partial charge in [-0.15, -0.1) is 10.2 Å². The monoisotopic (exact) mass is 420 g/mol. The number of ketones is 1. The lowest BCUT2D eigenvalue weighted by Crippen LogP contribution is -2.07. The molecule has 3 aromatic heterocycles. The molecule has 30 heavy (non-hydrogen) atoms. The number of thioether (sulfide) groups is 1. The normalized spacial score (nSPS) is 11.2. The molecular weight excluding hydrogens is 396 g/mol. The second kappa shape index (κ2) is 8.36. The Morgan fingerprint density at radius 1 is 1.10 bits per heavy atom. The first kappa shape index (κ1) is 20.2. The van der Waals surface area contributed by atoms with Crippen molar-refractivity contribution in [1.82, 2.24) is 19.3 Å². The molecule has 1 aromatic carbocycles. The molecular formula is C23H24N4O2S. The molecule has 0 unspecified atom stereocenters. The van der Waals surface area contributed by atoms with Crippen molar-refractivity contribution < 1.29 is 9.21 Å². The predicted octanol–water partition coefficient (Wildman–Crippen LogP) is 5.25. The second-order valence-corrected chi connectivity index (χ2v) is 8.05. The van der Waals surface area contributed by atoms with Crippen LogP contribution in [0.25, 0.3) is 17.1 Å². The molecule has 4 rings (SSSR count). The van der Waals surface area contributed by atoms with Crippen LogP contribution in [0.4, 0.5) is 0 Å². The highest BCUT2D eigenvalue weighted by Crippen LogP contribution is 2.28. The summed E-state index contributed by atoms with van der Waals surface area (Å²) in [7, 11) is 0. The molecule has 0 aliphatic heterocycles. The lowest BCUT2D eigenvalue weighted by molar-refractivity contribution is 0.102. The van der Waals surface area contributed by atoms with Crippen LogP contribution < -0.4 is 0 Å². The highest BCUT2D eigenvalue weighted by atomic mass is 32.2. The van der Waals surface area contributed by atoms with Gasteiger partial charge in [-0.2, -0.15) is 0 Å². The summed E-state index contributed by atoms with van der Waals surface area (Å²) < 4.78 is 9.54. The van der Waals surface area contributed by atoms with Crippen molar-refractivity contribution in [3.63, 3.8) is 0 Å². The Hall–Kier alpha value is -3.06. The summed E-state index contributed by atoms with van der Waals surface area (Å²) in [6.45, 7) is 8.68. The summed E-state index contributed by atoms with van der Waals surface area (Å²) in [5, 5.41) is 9.39. The van der Waals surface area contributed by atoms with Gasteiger partial charge in [-0.05, 0) is 52.0 Å². The van der Waals surface area contributed by atoms with Crippen LogP contribution in [0.1, 0.15) is 34.4 Å². The van der Waals surface area contributed by atoms with Gasteiger partial charge in [0.05, 0.1) is 17.6 Å². The van der Waals surface area contributed by atoms with E-state index in [1.54, 1.807) is 6.26 Å². The Balaban J connectivity index is 1.55. The predicted molar refractivity (Wildman–Crippen MR) is 118 cm³/mol. The minimum Gasteiger partial charge on any atom is -0.469 e. The Morgan fingerprint density at radius 2 is 1.87 bits per heavy atom. The van der Waals surface area contributed by atoms with Crippen molar-refractivity contribution in [2.45, 2.75) is 39.4 Å². The fourth-order valence-corrected chi connectivity index (χ4v) is 4.61. The summed E-state index contributed by atoms with van der Waals surface area (Å²) >= 11 is 1.42. The first-order valence-electron chi connectivity index (χ1n) is 9.89. The van der Waals surface area contributed by atoms with E-state index in [0.29, 0.717) is 12.3 Å². The third-order valence-electron chi connectivity index (χ3n) is 5.21. The number of benzene rings is 1. The van der Waals surface area contributed by atoms with E-state index in [2.05, 4.69) is 14.8 Å². The first-order valence-corrected chi connectivity index (χ1v) is 10.9. The number of carbonyl (C=O) groups is 1. The maximum atomic E-state index is 13.0. The van der Waals surface area contributed by atoms with Gasteiger partial charge in [-0.25, -0.2) is 0 Å². The van der Waals surface area contributed by atoms with Gasteiger partial charge in [-0.3, -0.25) is 4.79 Å². The molecule has 6 nitrogen and oxygen atoms in total. The fraction of sp³-hybridized carbons (Fsp3) is 0.261. The van der Waals surface area contributed by atoms with Crippen molar-refractivity contribution in [3.8, 4) is 17.1 Å². The number of aryl methyl sites for hydroxylation is 2. The highest BCUT2D eigenvalue weighted by molar-refractivity contribution is 7.99. The van der Waals surface area contributed by atoms with Crippen molar-refractivity contribution in [3.05, 3.63) is 71.4 Å². The van der Waals surface area contributed by atoms with E-state index < -0.39 is 0 Å². The standard InChI is InChI=1S/C23H24N4O2S/c1-5-26-22(19-11-12-29-17(19)4)24-25-23(26)30-14-21(28)20-13-15(2)27(16(20)3)18-9-7-6-8-10-18/h6-13H,5,14H2,1-4H3. The number of para-hydroxylation sites is 1. The van der Waals surface area contributed by atoms with E-state index in [4.69, 9.17) is 4.42 Å². The molecule has 0 bridgehead atoms. The smallest absolute Gasteiger partial charge is 0.191 e. The fourth-order valence-electron chi connectivity index (χ4n) is 3.72. The van der Waals surface area contributed by atoms with Crippen LogP contribution in [0.5, 0.6) is 0 Å². The van der Waals surface area contributed by atoms with Crippen molar-refractivity contribution in [2.75, 3.05) is 5.75 Å². The van der Waals surface area contributed by atoms with Crippen LogP contribution in [0.15, 0.2) is 58.3 Å². The molecule has 7 heteroatoms. The number of carbonyl (C=O) groups excluding carboxylic acids is 1. The van der Waals surface area contributed by atoms with Crippen molar-refractivity contribution in [2.24, 2.45) is 0 Å². The average molecular weight is 421 g/mol. The maximum Gasteiger partial charge on any atom is 0.191 e. The van der Waals surface area contributed by atoms with Gasteiger partial charge in [0.2, 0.25) is 0 Å². The Bertz CT molecular complexity index is 1190. The summed E-state index contributed by atoms with van der Waals surface area (Å²) in [5.74, 6) is 1.96. The Labute approximate surface area is 179 Å². The number of Topliss-reactive ketones (excluding diaryl/α,β-unsaturated/α-hetero) is 1. The summed E-state index contributed by atoms with van der Waals surface area (Å²) in [6.07, 6.45) is 1.65. The number of hydrogen-bond donors (Lipinski definition) is 0. The topological polar surface area (TPSA) is 65.8 Å². The number of hydrogen-bond acceptors (Lipinski definition) is 5. The van der Waals surface area contributed by atoms with E-state index >= 15 is 0 Å². The molecule has 0 saturated carbocycles. The van der Waals surface area contributed by atoms with Crippen LogP contribution in [0.3, 0.4) is 0 Å². The van der Waals surface area contributed by atoms with E-state index in [-0.39, 0.29) is 5.78 Å². The van der Waals surface area contributed by atoms with Crippen LogP contribution in [-0.2, 0) is 6.54 Å². The second-order valence-electron chi connectivity index (χ2n) is 7.11. The van der Waals surface area contributed by atoms with Crippen LogP contribution in [-0.4, -0.2) is 30.9 Å². The van der Waals surface area contributed by atoms with Gasteiger partial charge < -0.3 is 13.6 Å². The minimum absolute atomic E-state index is 0.0852. The van der Waals surface area contributed by atoms with Gasteiger partial charge in [0.25, 0.3) is 0 Å². The number of furan rings is 1. The lowest BCUT2D eigenvalue weighted by atomic mass is 10.2. The molecule has 154 valence electrons. The van der Waals surface area contributed by atoms with Crippen molar-refractivity contribution >= 4 is 17.5 Å². The lowest BCUT2D eigenvalue weighted by Gasteiger charge is -2.09. The third kappa shape index (κ3) is 3.61.